The highest BCUT2D eigenvalue weighted by Crippen LogP contribution is 2.25. The Balaban J connectivity index is 1.81. The van der Waals surface area contributed by atoms with Crippen LogP contribution >= 0.6 is 0 Å². The van der Waals surface area contributed by atoms with Gasteiger partial charge >= 0.3 is 0 Å². The Hall–Kier alpha value is -1.66. The standard InChI is InChI=1S/C13H19N5O/c1-2-8-4-18(6-10(8)19)5-9-3-15-12-11(9)16-7-17-13(12)14/h3,7-8,10,15,19H,2,4-6H2,1H3,(H2,14,16,17). The van der Waals surface area contributed by atoms with Crippen LogP contribution in [-0.4, -0.2) is 44.2 Å². The summed E-state index contributed by atoms with van der Waals surface area (Å²) >= 11 is 0. The van der Waals surface area contributed by atoms with Crippen molar-refractivity contribution in [3.05, 3.63) is 18.1 Å². The Labute approximate surface area is 111 Å². The van der Waals surface area contributed by atoms with Crippen LogP contribution in [0.15, 0.2) is 12.5 Å². The molecule has 1 fully saturated rings. The first-order valence-electron chi connectivity index (χ1n) is 6.66. The van der Waals surface area contributed by atoms with Crippen LogP contribution < -0.4 is 5.73 Å². The van der Waals surface area contributed by atoms with Crippen molar-refractivity contribution >= 4 is 16.9 Å². The summed E-state index contributed by atoms with van der Waals surface area (Å²) in [6.45, 7) is 4.57. The number of nitrogen functional groups attached to an aromatic ring is 1. The maximum atomic E-state index is 9.95. The number of nitrogens with one attached hydrogen (secondary N) is 1. The van der Waals surface area contributed by atoms with E-state index in [2.05, 4.69) is 26.8 Å². The predicted molar refractivity (Wildman–Crippen MR) is 73.4 cm³/mol. The van der Waals surface area contributed by atoms with Crippen molar-refractivity contribution in [3.8, 4) is 0 Å². The third-order valence-corrected chi connectivity index (χ3v) is 3.97. The van der Waals surface area contributed by atoms with Gasteiger partial charge in [-0.3, -0.25) is 4.90 Å². The van der Waals surface area contributed by atoms with Gasteiger partial charge in [0.25, 0.3) is 0 Å². The first-order valence-corrected chi connectivity index (χ1v) is 6.66. The van der Waals surface area contributed by atoms with Gasteiger partial charge in [0, 0.05) is 31.4 Å². The van der Waals surface area contributed by atoms with Crippen molar-refractivity contribution in [2.45, 2.75) is 26.0 Å². The second kappa shape index (κ2) is 4.79. The number of likely N-dealkylation sites (tertiary alicyclic amines) is 1. The quantitative estimate of drug-likeness (QED) is 0.758. The van der Waals surface area contributed by atoms with E-state index in [0.717, 1.165) is 42.7 Å². The highest BCUT2D eigenvalue weighted by Gasteiger charge is 2.30. The Morgan fingerprint density at radius 1 is 1.47 bits per heavy atom. The molecule has 6 heteroatoms. The average molecular weight is 261 g/mol. The molecule has 2 aromatic rings. The van der Waals surface area contributed by atoms with Crippen LogP contribution in [-0.2, 0) is 6.54 Å². The summed E-state index contributed by atoms with van der Waals surface area (Å²) in [5.41, 5.74) is 8.58. The molecule has 2 aromatic heterocycles. The van der Waals surface area contributed by atoms with E-state index in [1.54, 1.807) is 0 Å². The van der Waals surface area contributed by atoms with Crippen LogP contribution in [0, 0.1) is 5.92 Å². The number of fused-ring (bicyclic) bond motifs is 1. The zero-order chi connectivity index (χ0) is 13.4. The van der Waals surface area contributed by atoms with E-state index in [1.807, 2.05) is 6.20 Å². The van der Waals surface area contributed by atoms with Gasteiger partial charge in [-0.05, 0) is 12.3 Å². The van der Waals surface area contributed by atoms with Gasteiger partial charge in [0.05, 0.1) is 11.6 Å². The molecule has 0 amide bonds. The molecule has 2 unspecified atom stereocenters. The maximum Gasteiger partial charge on any atom is 0.151 e. The summed E-state index contributed by atoms with van der Waals surface area (Å²) in [5.74, 6) is 0.856. The fourth-order valence-corrected chi connectivity index (χ4v) is 2.85. The van der Waals surface area contributed by atoms with Gasteiger partial charge < -0.3 is 15.8 Å². The van der Waals surface area contributed by atoms with E-state index in [0.29, 0.717) is 11.7 Å². The van der Waals surface area contributed by atoms with Gasteiger partial charge in [0.15, 0.2) is 5.82 Å². The summed E-state index contributed by atoms with van der Waals surface area (Å²) in [4.78, 5) is 13.7. The fraction of sp³-hybridized carbons (Fsp3) is 0.538. The number of hydrogen-bond acceptors (Lipinski definition) is 5. The number of aromatic amines is 1. The molecular formula is C13H19N5O. The van der Waals surface area contributed by atoms with Crippen molar-refractivity contribution in [2.24, 2.45) is 5.92 Å². The SMILES string of the molecule is CCC1CN(Cc2c[nH]c3c(N)ncnc23)CC1O. The lowest BCUT2D eigenvalue weighted by atomic mass is 10.0. The Kier molecular flexibility index (Phi) is 3.12. The minimum atomic E-state index is -0.213. The number of hydrogen-bond donors (Lipinski definition) is 3. The van der Waals surface area contributed by atoms with E-state index in [1.165, 1.54) is 6.33 Å². The van der Waals surface area contributed by atoms with Crippen molar-refractivity contribution in [1.82, 2.24) is 19.9 Å². The minimum absolute atomic E-state index is 0.213. The normalized spacial score (nSPS) is 24.3. The predicted octanol–water partition coefficient (Wildman–Crippen LogP) is 0.743. The minimum Gasteiger partial charge on any atom is -0.391 e. The fourth-order valence-electron chi connectivity index (χ4n) is 2.85. The van der Waals surface area contributed by atoms with Crippen molar-refractivity contribution in [3.63, 3.8) is 0 Å². The van der Waals surface area contributed by atoms with E-state index in [9.17, 15) is 5.11 Å². The molecule has 1 aliphatic rings. The van der Waals surface area contributed by atoms with Crippen molar-refractivity contribution < 1.29 is 5.11 Å². The summed E-state index contributed by atoms with van der Waals surface area (Å²) in [5, 5.41) is 9.95. The van der Waals surface area contributed by atoms with Gasteiger partial charge in [0.1, 0.15) is 11.8 Å². The molecule has 2 atom stereocenters. The number of H-pyrrole nitrogens is 1. The van der Waals surface area contributed by atoms with Crippen LogP contribution in [0.3, 0.4) is 0 Å². The van der Waals surface area contributed by atoms with Crippen LogP contribution in [0.2, 0.25) is 0 Å². The number of rotatable bonds is 3. The number of anilines is 1. The Morgan fingerprint density at radius 2 is 2.32 bits per heavy atom. The van der Waals surface area contributed by atoms with Gasteiger partial charge in [-0.15, -0.1) is 0 Å². The Morgan fingerprint density at radius 3 is 3.05 bits per heavy atom. The third-order valence-electron chi connectivity index (χ3n) is 3.97. The van der Waals surface area contributed by atoms with Crippen molar-refractivity contribution in [2.75, 3.05) is 18.8 Å². The summed E-state index contributed by atoms with van der Waals surface area (Å²) in [6.07, 6.45) is 4.22. The number of β-amino-alcohol motifs (C(OH)–C–C–N with tert-alkyl or cyclic N) is 1. The molecule has 0 radical (unpaired) electrons. The highest BCUT2D eigenvalue weighted by atomic mass is 16.3. The number of aromatic nitrogens is 3. The van der Waals surface area contributed by atoms with Gasteiger partial charge in [-0.25, -0.2) is 9.97 Å². The summed E-state index contributed by atoms with van der Waals surface area (Å²) in [6, 6.07) is 0. The largest absolute Gasteiger partial charge is 0.391 e. The van der Waals surface area contributed by atoms with Crippen molar-refractivity contribution in [1.29, 1.82) is 0 Å². The summed E-state index contributed by atoms with van der Waals surface area (Å²) < 4.78 is 0. The zero-order valence-electron chi connectivity index (χ0n) is 11.0. The van der Waals surface area contributed by atoms with E-state index in [4.69, 9.17) is 5.73 Å². The molecule has 1 saturated heterocycles. The van der Waals surface area contributed by atoms with Crippen LogP contribution in [0.5, 0.6) is 0 Å². The topological polar surface area (TPSA) is 91.1 Å². The molecule has 1 aliphatic heterocycles. The Bertz CT molecular complexity index is 581. The van der Waals surface area contributed by atoms with E-state index in [-0.39, 0.29) is 6.10 Å². The number of nitrogens with zero attached hydrogens (tertiary/aromatic N) is 3. The molecule has 0 bridgehead atoms. The van der Waals surface area contributed by atoms with Gasteiger partial charge in [0.2, 0.25) is 0 Å². The average Bonchev–Trinajstić information content (AvgIpc) is 2.95. The molecule has 4 N–H and O–H groups in total. The molecule has 0 aromatic carbocycles. The van der Waals surface area contributed by atoms with Crippen LogP contribution in [0.1, 0.15) is 18.9 Å². The smallest absolute Gasteiger partial charge is 0.151 e. The third kappa shape index (κ3) is 2.17. The van der Waals surface area contributed by atoms with Crippen LogP contribution in [0.25, 0.3) is 11.0 Å². The monoisotopic (exact) mass is 261 g/mol. The number of nitrogens with two attached hydrogens (primary N) is 1. The van der Waals surface area contributed by atoms with E-state index < -0.39 is 0 Å². The molecule has 102 valence electrons. The molecule has 0 spiro atoms. The van der Waals surface area contributed by atoms with Gasteiger partial charge in [-0.1, -0.05) is 6.92 Å². The molecule has 3 heterocycles. The molecule has 0 aliphatic carbocycles. The molecular weight excluding hydrogens is 242 g/mol. The lowest BCUT2D eigenvalue weighted by Gasteiger charge is -2.14. The molecule has 3 rings (SSSR count). The molecule has 0 saturated carbocycles. The second-order valence-corrected chi connectivity index (χ2v) is 5.23. The zero-order valence-corrected chi connectivity index (χ0v) is 11.0. The highest BCUT2D eigenvalue weighted by molar-refractivity contribution is 5.86. The second-order valence-electron chi connectivity index (χ2n) is 5.23. The van der Waals surface area contributed by atoms with Crippen LogP contribution in [0.4, 0.5) is 5.82 Å². The molecule has 19 heavy (non-hydrogen) atoms. The summed E-state index contributed by atoms with van der Waals surface area (Å²) in [7, 11) is 0. The van der Waals surface area contributed by atoms with E-state index >= 15 is 0 Å². The maximum absolute atomic E-state index is 9.95. The first-order chi connectivity index (χ1) is 9.19. The first kappa shape index (κ1) is 12.4. The van der Waals surface area contributed by atoms with Gasteiger partial charge in [-0.2, -0.15) is 0 Å². The lowest BCUT2D eigenvalue weighted by molar-refractivity contribution is 0.139. The molecule has 6 nitrogen and oxygen atoms in total. The number of aliphatic hydroxyl groups is 1. The number of aliphatic hydroxyl groups excluding tert-OH is 1. The lowest BCUT2D eigenvalue weighted by Crippen LogP contribution is -2.21.